The number of amides is 1. The molecule has 193 valence electrons. The molecular formula is C25H36N2O6SY-2. The molecule has 2 atom stereocenters. The molecule has 2 unspecified atom stereocenters. The predicted molar refractivity (Wildman–Crippen MR) is 132 cm³/mol. The van der Waals surface area contributed by atoms with Crippen molar-refractivity contribution in [3.63, 3.8) is 0 Å². The van der Waals surface area contributed by atoms with E-state index in [1.807, 2.05) is 27.7 Å². The molecule has 1 fully saturated rings. The van der Waals surface area contributed by atoms with Gasteiger partial charge in [0.05, 0.1) is 11.5 Å². The van der Waals surface area contributed by atoms with E-state index in [9.17, 15) is 23.1 Å². The molecular weight excluding hydrogens is 545 g/mol. The fourth-order valence-corrected chi connectivity index (χ4v) is 4.34. The van der Waals surface area contributed by atoms with Crippen molar-refractivity contribution in [2.75, 3.05) is 13.3 Å². The number of carbonyl (C=O) groups excluding carboxylic acids is 1. The first kappa shape index (κ1) is 35.5. The number of ether oxygens (including phenoxy) is 1. The number of carbonyl (C=O) groups is 2. The third-order valence-electron chi connectivity index (χ3n) is 4.34. The van der Waals surface area contributed by atoms with E-state index in [1.165, 1.54) is 12.1 Å². The van der Waals surface area contributed by atoms with Crippen LogP contribution in [0.3, 0.4) is 0 Å². The molecule has 0 aromatic heterocycles. The van der Waals surface area contributed by atoms with Crippen LogP contribution < -0.4 is 5.32 Å². The minimum Gasteiger partial charge on any atom is -0.480 e. The van der Waals surface area contributed by atoms with Crippen LogP contribution in [0.2, 0.25) is 0 Å². The average Bonchev–Trinajstić information content (AvgIpc) is 3.40. The van der Waals surface area contributed by atoms with E-state index < -0.39 is 34.0 Å². The van der Waals surface area contributed by atoms with Gasteiger partial charge in [-0.1, -0.05) is 45.9 Å². The number of nitrogens with zero attached hydrogens (tertiary/aromatic N) is 1. The van der Waals surface area contributed by atoms with Gasteiger partial charge in [0, 0.05) is 32.7 Å². The summed E-state index contributed by atoms with van der Waals surface area (Å²) < 4.78 is 31.7. The largest absolute Gasteiger partial charge is 0.480 e. The maximum atomic E-state index is 12.8. The van der Waals surface area contributed by atoms with Crippen LogP contribution >= 0.6 is 0 Å². The summed E-state index contributed by atoms with van der Waals surface area (Å²) in [6, 6.07) is 14.9. The zero-order valence-corrected chi connectivity index (χ0v) is 24.8. The summed E-state index contributed by atoms with van der Waals surface area (Å²) in [4.78, 5) is 24.3. The van der Waals surface area contributed by atoms with Crippen LogP contribution in [0.5, 0.6) is 0 Å². The SMILES string of the molecule is CC.CC.O=C(O)C(Cc1cc[c-]cc1)NC(=O)C1COCN1S(=O)(=O)c1ccccc1.[CH2-]C.[Y]. The van der Waals surface area contributed by atoms with Crippen molar-refractivity contribution in [2.45, 2.75) is 58.0 Å². The van der Waals surface area contributed by atoms with E-state index in [-0.39, 0.29) is 57.4 Å². The van der Waals surface area contributed by atoms with Gasteiger partial charge in [-0.3, -0.25) is 4.79 Å². The molecule has 10 heteroatoms. The van der Waals surface area contributed by atoms with Gasteiger partial charge < -0.3 is 22.1 Å². The van der Waals surface area contributed by atoms with Crippen LogP contribution in [0.4, 0.5) is 0 Å². The number of benzene rings is 2. The summed E-state index contributed by atoms with van der Waals surface area (Å²) in [5, 5.41) is 11.9. The second-order valence-electron chi connectivity index (χ2n) is 6.23. The van der Waals surface area contributed by atoms with Crippen LogP contribution in [-0.2, 0) is 63.5 Å². The van der Waals surface area contributed by atoms with Gasteiger partial charge in [0.15, 0.2) is 0 Å². The van der Waals surface area contributed by atoms with Gasteiger partial charge in [-0.25, -0.2) is 13.2 Å². The van der Waals surface area contributed by atoms with Crippen LogP contribution in [0.1, 0.15) is 40.2 Å². The van der Waals surface area contributed by atoms with E-state index in [4.69, 9.17) is 4.74 Å². The first-order chi connectivity index (χ1) is 16.4. The summed E-state index contributed by atoms with van der Waals surface area (Å²) in [5.74, 6) is -1.93. The number of carboxylic acid groups (broad SMARTS) is 1. The standard InChI is InChI=1S/C19H19N2O6S.2C2H6.C2H5.Y/c22-18(20-16(19(23)24)11-14-7-3-1-4-8-14)17-12-27-13-21(17)28(25,26)15-9-5-2-6-10-15;3*1-2;/h2-10,16-17H,11-13H2,(H,20,22)(H,23,24);2*1-2H3;1H2,2H3;/q-1;;;-1;. The molecule has 1 aliphatic rings. The number of sulfonamides is 1. The Hall–Kier alpha value is -1.65. The number of hydrogen-bond acceptors (Lipinski definition) is 5. The van der Waals surface area contributed by atoms with E-state index >= 15 is 0 Å². The van der Waals surface area contributed by atoms with Gasteiger partial charge in [-0.2, -0.15) is 47.1 Å². The van der Waals surface area contributed by atoms with Gasteiger partial charge in [0.25, 0.3) is 0 Å². The van der Waals surface area contributed by atoms with Crippen molar-refractivity contribution in [3.05, 3.63) is 73.2 Å². The van der Waals surface area contributed by atoms with Gasteiger partial charge >= 0.3 is 5.97 Å². The molecule has 1 amide bonds. The smallest absolute Gasteiger partial charge is 0.326 e. The Morgan fingerprint density at radius 2 is 1.66 bits per heavy atom. The van der Waals surface area contributed by atoms with Crippen LogP contribution in [0, 0.1) is 13.0 Å². The Morgan fingerprint density at radius 3 is 2.17 bits per heavy atom. The molecule has 1 aliphatic heterocycles. The minimum atomic E-state index is -3.95. The third-order valence-corrected chi connectivity index (χ3v) is 6.18. The average molecular weight is 582 g/mol. The quantitative estimate of drug-likeness (QED) is 0.484. The first-order valence-corrected chi connectivity index (χ1v) is 12.7. The maximum absolute atomic E-state index is 12.8. The first-order valence-electron chi connectivity index (χ1n) is 11.2. The molecule has 0 aliphatic carbocycles. The van der Waals surface area contributed by atoms with Crippen molar-refractivity contribution in [1.29, 1.82) is 0 Å². The van der Waals surface area contributed by atoms with E-state index in [0.717, 1.165) is 4.31 Å². The number of nitrogens with one attached hydrogen (secondary N) is 1. The number of hydrogen-bond donors (Lipinski definition) is 2. The fraction of sp³-hybridized carbons (Fsp3) is 0.400. The van der Waals surface area contributed by atoms with E-state index in [1.54, 1.807) is 49.4 Å². The normalized spacial score (nSPS) is 15.3. The van der Waals surface area contributed by atoms with Gasteiger partial charge in [-0.05, 0) is 18.6 Å². The number of carboxylic acids is 1. The molecule has 3 rings (SSSR count). The molecule has 1 heterocycles. The van der Waals surface area contributed by atoms with Gasteiger partial charge in [0.1, 0.15) is 18.8 Å². The second-order valence-corrected chi connectivity index (χ2v) is 8.12. The Labute approximate surface area is 235 Å². The molecule has 35 heavy (non-hydrogen) atoms. The van der Waals surface area contributed by atoms with Gasteiger partial charge in [-0.15, -0.1) is 0 Å². The molecule has 1 saturated heterocycles. The van der Waals surface area contributed by atoms with Crippen molar-refractivity contribution < 1.29 is 60.6 Å². The zero-order valence-electron chi connectivity index (χ0n) is 21.1. The molecule has 1 radical (unpaired) electrons. The molecule has 8 nitrogen and oxygen atoms in total. The topological polar surface area (TPSA) is 113 Å². The predicted octanol–water partition coefficient (Wildman–Crippen LogP) is 3.54. The van der Waals surface area contributed by atoms with Crippen molar-refractivity contribution >= 4 is 21.9 Å². The second kappa shape index (κ2) is 19.5. The molecule has 0 spiro atoms. The zero-order chi connectivity index (χ0) is 26.1. The summed E-state index contributed by atoms with van der Waals surface area (Å²) in [7, 11) is -3.95. The third kappa shape index (κ3) is 10.9. The summed E-state index contributed by atoms with van der Waals surface area (Å²) in [5.41, 5.74) is 0.711. The van der Waals surface area contributed by atoms with Crippen molar-refractivity contribution in [3.8, 4) is 0 Å². The molecule has 2 aromatic carbocycles. The Bertz CT molecular complexity index is 943. The molecule has 2 N–H and O–H groups in total. The monoisotopic (exact) mass is 581 g/mol. The number of rotatable bonds is 7. The molecule has 0 bridgehead atoms. The summed E-state index contributed by atoms with van der Waals surface area (Å²) in [6.07, 6.45) is 0.0643. The number of aliphatic carboxylic acids is 1. The Balaban J connectivity index is 0. The van der Waals surface area contributed by atoms with Crippen LogP contribution in [0.15, 0.2) is 59.5 Å². The summed E-state index contributed by atoms with van der Waals surface area (Å²) >= 11 is 0. The maximum Gasteiger partial charge on any atom is 0.326 e. The van der Waals surface area contributed by atoms with Crippen molar-refractivity contribution in [1.82, 2.24) is 9.62 Å². The van der Waals surface area contributed by atoms with Crippen LogP contribution in [-0.4, -0.2) is 55.1 Å². The summed E-state index contributed by atoms with van der Waals surface area (Å²) in [6.45, 7) is 12.6. The fourth-order valence-electron chi connectivity index (χ4n) is 2.86. The van der Waals surface area contributed by atoms with E-state index in [0.29, 0.717) is 5.56 Å². The van der Waals surface area contributed by atoms with Gasteiger partial charge in [0.2, 0.25) is 15.9 Å². The van der Waals surface area contributed by atoms with Crippen molar-refractivity contribution in [2.24, 2.45) is 0 Å². The Kier molecular flexibility index (Phi) is 19.8. The molecule has 0 saturated carbocycles. The van der Waals surface area contributed by atoms with E-state index in [2.05, 4.69) is 18.3 Å². The Morgan fingerprint density at radius 1 is 1.11 bits per heavy atom. The molecule has 2 aromatic rings. The minimum absolute atomic E-state index is 0. The van der Waals surface area contributed by atoms with Crippen LogP contribution in [0.25, 0.3) is 0 Å².